The van der Waals surface area contributed by atoms with Crippen LogP contribution in [0.25, 0.3) is 0 Å². The lowest BCUT2D eigenvalue weighted by atomic mass is 10.0. The number of nitrogens with one attached hydrogen (secondary N) is 2. The van der Waals surface area contributed by atoms with E-state index in [2.05, 4.69) is 15.5 Å². The fourth-order valence-corrected chi connectivity index (χ4v) is 2.96. The second-order valence-corrected chi connectivity index (χ2v) is 5.59. The van der Waals surface area contributed by atoms with Gasteiger partial charge in [-0.1, -0.05) is 12.8 Å². The van der Waals surface area contributed by atoms with Gasteiger partial charge >= 0.3 is 0 Å². The van der Waals surface area contributed by atoms with Crippen molar-refractivity contribution in [2.75, 3.05) is 26.7 Å². The molecule has 104 valence electrons. The molecule has 1 saturated carbocycles. The summed E-state index contributed by atoms with van der Waals surface area (Å²) in [5.74, 6) is 0.0374. The van der Waals surface area contributed by atoms with Gasteiger partial charge in [-0.15, -0.1) is 0 Å². The molecule has 5 nitrogen and oxygen atoms in total. The SMILES string of the molecule is CN(CC(=O)N[C@@H]1CCNC[C@H]1O)C1CCCC1. The molecule has 2 aliphatic rings. The van der Waals surface area contributed by atoms with Gasteiger partial charge in [-0.25, -0.2) is 0 Å². The van der Waals surface area contributed by atoms with Crippen molar-refractivity contribution >= 4 is 5.91 Å². The molecule has 2 atom stereocenters. The predicted octanol–water partition coefficient (Wildman–Crippen LogP) is -0.300. The molecule has 1 heterocycles. The number of aliphatic hydroxyl groups is 1. The van der Waals surface area contributed by atoms with Crippen LogP contribution in [0, 0.1) is 0 Å². The van der Waals surface area contributed by atoms with E-state index in [-0.39, 0.29) is 11.9 Å². The first kappa shape index (κ1) is 13.8. The molecule has 0 aromatic heterocycles. The van der Waals surface area contributed by atoms with Gasteiger partial charge in [0.05, 0.1) is 18.7 Å². The van der Waals surface area contributed by atoms with E-state index < -0.39 is 6.10 Å². The van der Waals surface area contributed by atoms with E-state index in [0.717, 1.165) is 13.0 Å². The summed E-state index contributed by atoms with van der Waals surface area (Å²) in [7, 11) is 2.02. The Kier molecular flexibility index (Phi) is 4.97. The van der Waals surface area contributed by atoms with E-state index in [9.17, 15) is 9.90 Å². The van der Waals surface area contributed by atoms with Gasteiger partial charge in [-0.2, -0.15) is 0 Å². The maximum Gasteiger partial charge on any atom is 0.234 e. The molecule has 2 fully saturated rings. The standard InChI is InChI=1S/C13H25N3O2/c1-16(10-4-2-3-5-10)9-13(18)15-11-6-7-14-8-12(11)17/h10-12,14,17H,2-9H2,1H3,(H,15,18)/t11-,12-/m1/s1. The van der Waals surface area contributed by atoms with Crippen LogP contribution < -0.4 is 10.6 Å². The largest absolute Gasteiger partial charge is 0.390 e. The molecule has 0 spiro atoms. The highest BCUT2D eigenvalue weighted by Crippen LogP contribution is 2.21. The molecule has 18 heavy (non-hydrogen) atoms. The van der Waals surface area contributed by atoms with Gasteiger partial charge in [0.15, 0.2) is 0 Å². The predicted molar refractivity (Wildman–Crippen MR) is 70.3 cm³/mol. The molecule has 0 bridgehead atoms. The van der Waals surface area contributed by atoms with Crippen LogP contribution in [0.5, 0.6) is 0 Å². The molecule has 0 aromatic rings. The molecule has 0 aromatic carbocycles. The average molecular weight is 255 g/mol. The van der Waals surface area contributed by atoms with E-state index in [4.69, 9.17) is 0 Å². The second-order valence-electron chi connectivity index (χ2n) is 5.59. The highest BCUT2D eigenvalue weighted by atomic mass is 16.3. The summed E-state index contributed by atoms with van der Waals surface area (Å²) >= 11 is 0. The van der Waals surface area contributed by atoms with Gasteiger partial charge in [-0.05, 0) is 32.9 Å². The van der Waals surface area contributed by atoms with Gasteiger partial charge in [0.2, 0.25) is 5.91 Å². The number of rotatable bonds is 4. The van der Waals surface area contributed by atoms with Crippen LogP contribution in [0.3, 0.4) is 0 Å². The summed E-state index contributed by atoms with van der Waals surface area (Å²) < 4.78 is 0. The third kappa shape index (κ3) is 3.67. The Balaban J connectivity index is 1.73. The van der Waals surface area contributed by atoms with E-state index in [1.54, 1.807) is 0 Å². The number of hydrogen-bond donors (Lipinski definition) is 3. The second kappa shape index (κ2) is 6.50. The number of piperidine rings is 1. The Morgan fingerprint density at radius 2 is 2.11 bits per heavy atom. The van der Waals surface area contributed by atoms with Gasteiger partial charge in [-0.3, -0.25) is 9.69 Å². The van der Waals surface area contributed by atoms with Crippen LogP contribution in [0.4, 0.5) is 0 Å². The van der Waals surface area contributed by atoms with Crippen LogP contribution >= 0.6 is 0 Å². The average Bonchev–Trinajstić information content (AvgIpc) is 2.85. The summed E-state index contributed by atoms with van der Waals surface area (Å²) in [6, 6.07) is 0.476. The van der Waals surface area contributed by atoms with Gasteiger partial charge in [0.1, 0.15) is 0 Å². The zero-order valence-corrected chi connectivity index (χ0v) is 11.2. The van der Waals surface area contributed by atoms with Gasteiger partial charge in [0, 0.05) is 12.6 Å². The Hall–Kier alpha value is -0.650. The van der Waals surface area contributed by atoms with Crippen molar-refractivity contribution in [1.82, 2.24) is 15.5 Å². The molecular formula is C13H25N3O2. The van der Waals surface area contributed by atoms with E-state index in [1.165, 1.54) is 25.7 Å². The van der Waals surface area contributed by atoms with Crippen LogP contribution in [-0.2, 0) is 4.79 Å². The lowest BCUT2D eigenvalue weighted by Gasteiger charge is -2.30. The van der Waals surface area contributed by atoms with Crippen LogP contribution in [0.15, 0.2) is 0 Å². The lowest BCUT2D eigenvalue weighted by molar-refractivity contribution is -0.124. The highest BCUT2D eigenvalue weighted by molar-refractivity contribution is 5.78. The summed E-state index contributed by atoms with van der Waals surface area (Å²) in [6.07, 6.45) is 5.33. The number of likely N-dealkylation sites (N-methyl/N-ethyl adjacent to an activating group) is 1. The number of β-amino-alcohol motifs (C(OH)–C–C–N with tert-alkyl or cyclic N) is 1. The monoisotopic (exact) mass is 255 g/mol. The molecule has 0 radical (unpaired) electrons. The zero-order chi connectivity index (χ0) is 13.0. The molecule has 1 aliphatic heterocycles. The summed E-state index contributed by atoms with van der Waals surface area (Å²) in [6.45, 7) is 1.88. The third-order valence-electron chi connectivity index (χ3n) is 4.14. The lowest BCUT2D eigenvalue weighted by Crippen LogP contribution is -2.54. The van der Waals surface area contributed by atoms with Crippen molar-refractivity contribution < 1.29 is 9.90 Å². The fraction of sp³-hybridized carbons (Fsp3) is 0.923. The normalized spacial score (nSPS) is 29.7. The quantitative estimate of drug-likeness (QED) is 0.645. The van der Waals surface area contributed by atoms with E-state index >= 15 is 0 Å². The van der Waals surface area contributed by atoms with E-state index in [0.29, 0.717) is 19.1 Å². The molecule has 3 N–H and O–H groups in total. The van der Waals surface area contributed by atoms with E-state index in [1.807, 2.05) is 7.05 Å². The van der Waals surface area contributed by atoms with Crippen molar-refractivity contribution in [1.29, 1.82) is 0 Å². The smallest absolute Gasteiger partial charge is 0.234 e. The minimum Gasteiger partial charge on any atom is -0.390 e. The number of nitrogens with zero attached hydrogens (tertiary/aromatic N) is 1. The fourth-order valence-electron chi connectivity index (χ4n) is 2.96. The zero-order valence-electron chi connectivity index (χ0n) is 11.2. The number of carbonyl (C=O) groups excluding carboxylic acids is 1. The molecule has 2 rings (SSSR count). The van der Waals surface area contributed by atoms with Crippen LogP contribution in [-0.4, -0.2) is 60.8 Å². The van der Waals surface area contributed by atoms with Crippen LogP contribution in [0.1, 0.15) is 32.1 Å². The van der Waals surface area contributed by atoms with Crippen molar-refractivity contribution in [2.45, 2.75) is 50.3 Å². The topological polar surface area (TPSA) is 64.6 Å². The Labute approximate surface area is 109 Å². The molecule has 1 aliphatic carbocycles. The van der Waals surface area contributed by atoms with Gasteiger partial charge in [0.25, 0.3) is 0 Å². The Morgan fingerprint density at radius 1 is 1.39 bits per heavy atom. The Bertz CT molecular complexity index is 279. The van der Waals surface area contributed by atoms with Crippen molar-refractivity contribution in [3.05, 3.63) is 0 Å². The third-order valence-corrected chi connectivity index (χ3v) is 4.14. The highest BCUT2D eigenvalue weighted by Gasteiger charge is 2.26. The molecular weight excluding hydrogens is 230 g/mol. The number of aliphatic hydroxyl groups excluding tert-OH is 1. The van der Waals surface area contributed by atoms with Crippen LogP contribution in [0.2, 0.25) is 0 Å². The molecule has 1 saturated heterocycles. The number of amides is 1. The van der Waals surface area contributed by atoms with Crippen molar-refractivity contribution in [3.63, 3.8) is 0 Å². The summed E-state index contributed by atoms with van der Waals surface area (Å²) in [5, 5.41) is 15.8. The molecule has 0 unspecified atom stereocenters. The molecule has 1 amide bonds. The minimum atomic E-state index is -0.459. The minimum absolute atomic E-state index is 0.0374. The van der Waals surface area contributed by atoms with Crippen molar-refractivity contribution in [3.8, 4) is 0 Å². The first-order valence-electron chi connectivity index (χ1n) is 7.05. The Morgan fingerprint density at radius 3 is 2.78 bits per heavy atom. The number of hydrogen-bond acceptors (Lipinski definition) is 4. The first-order valence-corrected chi connectivity index (χ1v) is 7.05. The summed E-state index contributed by atoms with van der Waals surface area (Å²) in [5.41, 5.74) is 0. The summed E-state index contributed by atoms with van der Waals surface area (Å²) in [4.78, 5) is 14.1. The maximum atomic E-state index is 11.9. The molecule has 5 heteroatoms. The maximum absolute atomic E-state index is 11.9. The number of carbonyl (C=O) groups is 1. The van der Waals surface area contributed by atoms with Gasteiger partial charge < -0.3 is 15.7 Å². The van der Waals surface area contributed by atoms with Crippen molar-refractivity contribution in [2.24, 2.45) is 0 Å². The first-order chi connectivity index (χ1) is 8.66.